The number of nitrogens with one attached hydrogen (secondary N) is 1. The highest BCUT2D eigenvalue weighted by molar-refractivity contribution is 6.76. The molecule has 0 rings (SSSR count). The van der Waals surface area contributed by atoms with Crippen LogP contribution in [0.1, 0.15) is 64.7 Å². The number of nitrogens with zero attached hydrogens (tertiary/aromatic N) is 3. The number of amides is 1. The number of hydrogen-bond donors (Lipinski definition) is 1. The molecule has 0 aliphatic carbocycles. The highest BCUT2D eigenvalue weighted by atomic mass is 28.3. The van der Waals surface area contributed by atoms with Gasteiger partial charge in [-0.05, 0) is 93.4 Å². The van der Waals surface area contributed by atoms with E-state index in [1.54, 1.807) is 0 Å². The summed E-state index contributed by atoms with van der Waals surface area (Å²) < 4.78 is 16.4. The summed E-state index contributed by atoms with van der Waals surface area (Å²) in [5.74, 6) is -0.141. The molecule has 0 aliphatic heterocycles. The highest BCUT2D eigenvalue weighted by Crippen LogP contribution is 2.11. The fraction of sp³-hybridized carbons (Fsp3) is 0.933. The monoisotopic (exact) mass is 588 g/mol. The molecule has 0 bridgehead atoms. The third kappa shape index (κ3) is 28.3. The van der Waals surface area contributed by atoms with Crippen molar-refractivity contribution in [3.8, 4) is 0 Å². The second kappa shape index (κ2) is 24.4. The molecule has 1 amide bonds. The number of alkyl carbamates (subject to hydrolysis) is 1. The van der Waals surface area contributed by atoms with Crippen molar-refractivity contribution in [3.05, 3.63) is 0 Å². The molecule has 0 spiro atoms. The first-order chi connectivity index (χ1) is 18.9. The second-order valence-electron chi connectivity index (χ2n) is 12.8. The Kier molecular flexibility index (Phi) is 23.7. The van der Waals surface area contributed by atoms with Gasteiger partial charge in [-0.2, -0.15) is 0 Å². The Labute approximate surface area is 247 Å². The summed E-state index contributed by atoms with van der Waals surface area (Å²) in [5.41, 5.74) is 0. The summed E-state index contributed by atoms with van der Waals surface area (Å²) in [6.07, 6.45) is 8.04. The van der Waals surface area contributed by atoms with Crippen LogP contribution in [0.4, 0.5) is 4.79 Å². The third-order valence-electron chi connectivity index (χ3n) is 6.52. The van der Waals surface area contributed by atoms with Gasteiger partial charge in [0.25, 0.3) is 0 Å². The number of unbranched alkanes of at least 4 members (excludes halogenated alkanes) is 4. The molecular weight excluding hydrogens is 524 g/mol. The maximum absolute atomic E-state index is 12.2. The van der Waals surface area contributed by atoms with Gasteiger partial charge in [-0.1, -0.05) is 44.9 Å². The van der Waals surface area contributed by atoms with E-state index in [-0.39, 0.29) is 18.2 Å². The zero-order valence-electron chi connectivity index (χ0n) is 27.4. The van der Waals surface area contributed by atoms with Crippen LogP contribution >= 0.6 is 0 Å². The molecule has 0 fully saturated rings. The van der Waals surface area contributed by atoms with Crippen LogP contribution in [0, 0.1) is 0 Å². The number of ether oxygens (including phenoxy) is 3. The van der Waals surface area contributed by atoms with E-state index in [4.69, 9.17) is 14.2 Å². The summed E-state index contributed by atoms with van der Waals surface area (Å²) in [6.45, 7) is 16.1. The van der Waals surface area contributed by atoms with Crippen molar-refractivity contribution in [2.75, 3.05) is 87.3 Å². The molecule has 0 aliphatic rings. The lowest BCUT2D eigenvalue weighted by atomic mass is 10.1. The van der Waals surface area contributed by atoms with E-state index in [0.29, 0.717) is 26.2 Å². The van der Waals surface area contributed by atoms with E-state index in [0.717, 1.165) is 90.7 Å². The van der Waals surface area contributed by atoms with E-state index in [1.165, 1.54) is 6.04 Å². The van der Waals surface area contributed by atoms with Gasteiger partial charge in [0.2, 0.25) is 0 Å². The summed E-state index contributed by atoms with van der Waals surface area (Å²) >= 11 is 0. The number of carbonyl (C=O) groups excluding carboxylic acids is 2. The molecule has 9 nitrogen and oxygen atoms in total. The Hall–Kier alpha value is -1.20. The van der Waals surface area contributed by atoms with Crippen molar-refractivity contribution in [1.29, 1.82) is 0 Å². The number of esters is 1. The Morgan fingerprint density at radius 3 is 1.95 bits per heavy atom. The van der Waals surface area contributed by atoms with Gasteiger partial charge in [0.15, 0.2) is 0 Å². The number of hydrogen-bond acceptors (Lipinski definition) is 8. The Balaban J connectivity index is 3.81. The smallest absolute Gasteiger partial charge is 0.407 e. The molecule has 0 radical (unpaired) electrons. The Morgan fingerprint density at radius 1 is 0.750 bits per heavy atom. The largest absolute Gasteiger partial charge is 0.463 e. The molecule has 40 heavy (non-hydrogen) atoms. The van der Waals surface area contributed by atoms with Crippen molar-refractivity contribution in [2.24, 2.45) is 0 Å². The first-order valence-electron chi connectivity index (χ1n) is 15.6. The van der Waals surface area contributed by atoms with E-state index in [9.17, 15) is 9.59 Å². The lowest BCUT2D eigenvalue weighted by Gasteiger charge is -2.26. The van der Waals surface area contributed by atoms with E-state index >= 15 is 0 Å². The molecule has 0 aromatic heterocycles. The van der Waals surface area contributed by atoms with Crippen LogP contribution in [-0.2, 0) is 19.0 Å². The maximum atomic E-state index is 12.2. The molecule has 0 saturated heterocycles. The molecule has 0 aromatic rings. The molecule has 1 atom stereocenters. The minimum Gasteiger partial charge on any atom is -0.463 e. The van der Waals surface area contributed by atoms with Crippen LogP contribution in [0.15, 0.2) is 0 Å². The molecular formula is C30H64N4O5Si. The van der Waals surface area contributed by atoms with Gasteiger partial charge < -0.3 is 29.3 Å². The lowest BCUT2D eigenvalue weighted by Crippen LogP contribution is -2.38. The Morgan fingerprint density at radius 2 is 1.35 bits per heavy atom. The summed E-state index contributed by atoms with van der Waals surface area (Å²) in [7, 11) is 7.39. The summed E-state index contributed by atoms with van der Waals surface area (Å²) in [5, 5.41) is 2.88. The minimum absolute atomic E-state index is 0.141. The van der Waals surface area contributed by atoms with Crippen LogP contribution in [-0.4, -0.2) is 128 Å². The zero-order chi connectivity index (χ0) is 30.2. The maximum Gasteiger partial charge on any atom is 0.407 e. The zero-order valence-corrected chi connectivity index (χ0v) is 28.4. The van der Waals surface area contributed by atoms with Crippen molar-refractivity contribution >= 4 is 20.1 Å². The SMILES string of the molecule is CC(CN(CCCN(C)C)CCCN(C)C)OC(=O)NCCCCCCCC(=O)OCCOCCC[Si](C)(C)C. The van der Waals surface area contributed by atoms with Crippen molar-refractivity contribution < 1.29 is 23.8 Å². The predicted octanol–water partition coefficient (Wildman–Crippen LogP) is 4.94. The van der Waals surface area contributed by atoms with Crippen LogP contribution in [0.25, 0.3) is 0 Å². The van der Waals surface area contributed by atoms with Crippen LogP contribution < -0.4 is 5.32 Å². The van der Waals surface area contributed by atoms with Gasteiger partial charge >= 0.3 is 12.1 Å². The average molecular weight is 589 g/mol. The fourth-order valence-corrected chi connectivity index (χ4v) is 5.55. The minimum atomic E-state index is -0.995. The van der Waals surface area contributed by atoms with Crippen molar-refractivity contribution in [2.45, 2.75) is 96.5 Å². The van der Waals surface area contributed by atoms with E-state index < -0.39 is 8.07 Å². The highest BCUT2D eigenvalue weighted by Gasteiger charge is 2.15. The molecule has 10 heteroatoms. The van der Waals surface area contributed by atoms with Crippen molar-refractivity contribution in [1.82, 2.24) is 20.0 Å². The van der Waals surface area contributed by atoms with Gasteiger partial charge in [0, 0.05) is 34.2 Å². The average Bonchev–Trinajstić information content (AvgIpc) is 2.83. The summed E-state index contributed by atoms with van der Waals surface area (Å²) in [4.78, 5) is 30.9. The number of rotatable bonds is 26. The normalized spacial score (nSPS) is 12.8. The fourth-order valence-electron chi connectivity index (χ4n) is 4.35. The molecule has 238 valence electrons. The van der Waals surface area contributed by atoms with Gasteiger partial charge in [0.05, 0.1) is 6.61 Å². The third-order valence-corrected chi connectivity index (χ3v) is 8.37. The predicted molar refractivity (Wildman–Crippen MR) is 169 cm³/mol. The molecule has 1 unspecified atom stereocenters. The molecule has 0 aromatic carbocycles. The van der Waals surface area contributed by atoms with Gasteiger partial charge in [-0.25, -0.2) is 4.79 Å². The number of carbonyl (C=O) groups is 2. The second-order valence-corrected chi connectivity index (χ2v) is 18.4. The van der Waals surface area contributed by atoms with Gasteiger partial charge in [0.1, 0.15) is 12.7 Å². The lowest BCUT2D eigenvalue weighted by molar-refractivity contribution is -0.145. The summed E-state index contributed by atoms with van der Waals surface area (Å²) in [6, 6.07) is 1.26. The molecule has 0 saturated carbocycles. The van der Waals surface area contributed by atoms with Gasteiger partial charge in [-0.15, -0.1) is 0 Å². The van der Waals surface area contributed by atoms with Crippen LogP contribution in [0.2, 0.25) is 25.7 Å². The Bertz CT molecular complexity index is 618. The first kappa shape index (κ1) is 38.8. The van der Waals surface area contributed by atoms with Crippen LogP contribution in [0.5, 0.6) is 0 Å². The topological polar surface area (TPSA) is 83.6 Å². The first-order valence-corrected chi connectivity index (χ1v) is 19.3. The molecule has 1 N–H and O–H groups in total. The van der Waals surface area contributed by atoms with E-state index in [1.807, 2.05) is 6.92 Å². The quantitative estimate of drug-likeness (QED) is 0.0865. The van der Waals surface area contributed by atoms with Crippen molar-refractivity contribution in [3.63, 3.8) is 0 Å². The van der Waals surface area contributed by atoms with Crippen LogP contribution in [0.3, 0.4) is 0 Å². The van der Waals surface area contributed by atoms with Gasteiger partial charge in [-0.3, -0.25) is 9.69 Å². The standard InChI is InChI=1S/C30H64N4O5Si/c1-28(27-34(21-14-19-32(2)3)22-15-20-33(4)5)39-30(36)31-18-13-11-9-10-12-17-29(35)38-25-24-37-23-16-26-40(6,7)8/h28H,9-27H2,1-8H3,(H,31,36). The molecule has 0 heterocycles. The van der Waals surface area contributed by atoms with E-state index in [2.05, 4.69) is 67.8 Å².